The molecular weight excluding hydrogens is 224 g/mol. The van der Waals surface area contributed by atoms with E-state index >= 15 is 0 Å². The van der Waals surface area contributed by atoms with Gasteiger partial charge in [-0.1, -0.05) is 30.3 Å². The quantitative estimate of drug-likeness (QED) is 0.842. The lowest BCUT2D eigenvalue weighted by Crippen LogP contribution is -2.43. The van der Waals surface area contributed by atoms with E-state index in [9.17, 15) is 5.11 Å². The molecule has 2 unspecified atom stereocenters. The molecule has 3 nitrogen and oxygen atoms in total. The van der Waals surface area contributed by atoms with Crippen molar-refractivity contribution in [2.75, 3.05) is 26.2 Å². The highest BCUT2D eigenvalue weighted by atomic mass is 16.3. The number of aliphatic hydroxyl groups excluding tert-OH is 1. The molecule has 0 aromatic heterocycles. The molecule has 1 saturated heterocycles. The first-order valence-electron chi connectivity index (χ1n) is 6.92. The maximum absolute atomic E-state index is 9.49. The summed E-state index contributed by atoms with van der Waals surface area (Å²) < 4.78 is 0. The maximum Gasteiger partial charge on any atom is 0.0599 e. The first-order valence-corrected chi connectivity index (χ1v) is 6.92. The van der Waals surface area contributed by atoms with Crippen LogP contribution in [0.5, 0.6) is 0 Å². The van der Waals surface area contributed by atoms with Crippen LogP contribution in [0.4, 0.5) is 0 Å². The van der Waals surface area contributed by atoms with Crippen LogP contribution in [0, 0.1) is 0 Å². The van der Waals surface area contributed by atoms with Crippen LogP contribution < -0.4 is 5.32 Å². The molecule has 0 bridgehead atoms. The minimum absolute atomic E-state index is 0.245. The van der Waals surface area contributed by atoms with Crippen LogP contribution >= 0.6 is 0 Å². The van der Waals surface area contributed by atoms with E-state index in [0.717, 1.165) is 32.5 Å². The highest BCUT2D eigenvalue weighted by Gasteiger charge is 2.22. The van der Waals surface area contributed by atoms with E-state index in [2.05, 4.69) is 47.5 Å². The molecule has 1 heterocycles. The average molecular weight is 248 g/mol. The summed E-state index contributed by atoms with van der Waals surface area (Å²) in [5.41, 5.74) is 1.37. The van der Waals surface area contributed by atoms with Gasteiger partial charge in [0, 0.05) is 31.7 Å². The monoisotopic (exact) mass is 248 g/mol. The van der Waals surface area contributed by atoms with E-state index in [-0.39, 0.29) is 12.6 Å². The Labute approximate surface area is 110 Å². The van der Waals surface area contributed by atoms with Gasteiger partial charge in [-0.05, 0) is 25.3 Å². The number of nitrogens with one attached hydrogen (secondary N) is 1. The molecular formula is C15H24N2O. The van der Waals surface area contributed by atoms with Gasteiger partial charge in [-0.25, -0.2) is 0 Å². The Morgan fingerprint density at radius 2 is 2.11 bits per heavy atom. The topological polar surface area (TPSA) is 35.5 Å². The van der Waals surface area contributed by atoms with Gasteiger partial charge in [-0.2, -0.15) is 0 Å². The minimum Gasteiger partial charge on any atom is -0.395 e. The molecule has 1 aromatic rings. The minimum atomic E-state index is 0.245. The van der Waals surface area contributed by atoms with Crippen LogP contribution in [-0.4, -0.2) is 48.3 Å². The summed E-state index contributed by atoms with van der Waals surface area (Å²) in [5, 5.41) is 13.0. The van der Waals surface area contributed by atoms with Gasteiger partial charge in [0.2, 0.25) is 0 Å². The number of nitrogens with zero attached hydrogens (tertiary/aromatic N) is 1. The molecule has 0 radical (unpaired) electrons. The molecule has 0 saturated carbocycles. The first kappa shape index (κ1) is 13.5. The van der Waals surface area contributed by atoms with Crippen molar-refractivity contribution in [2.45, 2.75) is 31.8 Å². The predicted molar refractivity (Wildman–Crippen MR) is 74.7 cm³/mol. The zero-order chi connectivity index (χ0) is 12.8. The predicted octanol–water partition coefficient (Wildman–Crippen LogP) is 1.27. The van der Waals surface area contributed by atoms with E-state index in [1.807, 2.05) is 0 Å². The van der Waals surface area contributed by atoms with Crippen LogP contribution in [0.3, 0.4) is 0 Å². The number of aliphatic hydroxyl groups is 1. The second kappa shape index (κ2) is 6.88. The molecule has 100 valence electrons. The zero-order valence-corrected chi connectivity index (χ0v) is 11.2. The van der Waals surface area contributed by atoms with Crippen molar-refractivity contribution in [2.24, 2.45) is 0 Å². The second-order valence-electron chi connectivity index (χ2n) is 5.21. The third kappa shape index (κ3) is 3.80. The van der Waals surface area contributed by atoms with Gasteiger partial charge in [-0.15, -0.1) is 0 Å². The smallest absolute Gasteiger partial charge is 0.0599 e. The van der Waals surface area contributed by atoms with E-state index in [4.69, 9.17) is 0 Å². The van der Waals surface area contributed by atoms with Gasteiger partial charge in [0.05, 0.1) is 6.61 Å². The van der Waals surface area contributed by atoms with Crippen molar-refractivity contribution in [3.63, 3.8) is 0 Å². The molecule has 2 atom stereocenters. The fourth-order valence-corrected chi connectivity index (χ4v) is 2.50. The Hall–Kier alpha value is -0.900. The van der Waals surface area contributed by atoms with Crippen molar-refractivity contribution in [3.8, 4) is 0 Å². The van der Waals surface area contributed by atoms with Gasteiger partial charge in [0.25, 0.3) is 0 Å². The normalized spacial score (nSPS) is 25.9. The Balaban J connectivity index is 1.89. The maximum atomic E-state index is 9.49. The van der Waals surface area contributed by atoms with Gasteiger partial charge < -0.3 is 10.4 Å². The standard InChI is InChI=1S/C15H24N2O/c1-13-7-9-17(15(12-18)11-16-13)10-8-14-5-3-2-4-6-14/h2-6,13,15-16,18H,7-12H2,1H3. The summed E-state index contributed by atoms with van der Waals surface area (Å²) in [4.78, 5) is 2.42. The fourth-order valence-electron chi connectivity index (χ4n) is 2.50. The third-order valence-corrected chi connectivity index (χ3v) is 3.81. The molecule has 3 heteroatoms. The van der Waals surface area contributed by atoms with Crippen molar-refractivity contribution >= 4 is 0 Å². The van der Waals surface area contributed by atoms with E-state index in [1.165, 1.54) is 5.56 Å². The highest BCUT2D eigenvalue weighted by Crippen LogP contribution is 2.09. The lowest BCUT2D eigenvalue weighted by molar-refractivity contribution is 0.133. The molecule has 2 N–H and O–H groups in total. The number of rotatable bonds is 4. The first-order chi connectivity index (χ1) is 8.79. The average Bonchev–Trinajstić information content (AvgIpc) is 2.59. The summed E-state index contributed by atoms with van der Waals surface area (Å²) in [6, 6.07) is 11.4. The Morgan fingerprint density at radius 1 is 1.33 bits per heavy atom. The van der Waals surface area contributed by atoms with Crippen LogP contribution in [0.15, 0.2) is 30.3 Å². The molecule has 1 fully saturated rings. The van der Waals surface area contributed by atoms with E-state index in [0.29, 0.717) is 6.04 Å². The molecule has 2 rings (SSSR count). The molecule has 18 heavy (non-hydrogen) atoms. The largest absolute Gasteiger partial charge is 0.395 e. The van der Waals surface area contributed by atoms with Crippen LogP contribution in [0.1, 0.15) is 18.9 Å². The summed E-state index contributed by atoms with van der Waals surface area (Å²) in [6.07, 6.45) is 2.22. The van der Waals surface area contributed by atoms with E-state index < -0.39 is 0 Å². The Kier molecular flexibility index (Phi) is 5.17. The van der Waals surface area contributed by atoms with E-state index in [1.54, 1.807) is 0 Å². The molecule has 1 aliphatic rings. The second-order valence-corrected chi connectivity index (χ2v) is 5.21. The van der Waals surface area contributed by atoms with Crippen LogP contribution in [0.25, 0.3) is 0 Å². The number of hydrogen-bond donors (Lipinski definition) is 2. The molecule has 0 aliphatic carbocycles. The fraction of sp³-hybridized carbons (Fsp3) is 0.600. The molecule has 1 aromatic carbocycles. The molecule has 1 aliphatic heterocycles. The number of benzene rings is 1. The number of hydrogen-bond acceptors (Lipinski definition) is 3. The van der Waals surface area contributed by atoms with Gasteiger partial charge in [0.15, 0.2) is 0 Å². The lowest BCUT2D eigenvalue weighted by Gasteiger charge is -2.28. The summed E-state index contributed by atoms with van der Waals surface area (Å²) in [5.74, 6) is 0. The molecule has 0 amide bonds. The van der Waals surface area contributed by atoms with Crippen LogP contribution in [-0.2, 0) is 6.42 Å². The highest BCUT2D eigenvalue weighted by molar-refractivity contribution is 5.14. The van der Waals surface area contributed by atoms with Crippen molar-refractivity contribution in [1.29, 1.82) is 0 Å². The SMILES string of the molecule is CC1CCN(CCc2ccccc2)C(CO)CN1. The van der Waals surface area contributed by atoms with Gasteiger partial charge in [0.1, 0.15) is 0 Å². The van der Waals surface area contributed by atoms with Crippen molar-refractivity contribution < 1.29 is 5.11 Å². The Morgan fingerprint density at radius 3 is 2.83 bits per heavy atom. The van der Waals surface area contributed by atoms with Gasteiger partial charge in [-0.3, -0.25) is 4.90 Å². The van der Waals surface area contributed by atoms with Gasteiger partial charge >= 0.3 is 0 Å². The summed E-state index contributed by atoms with van der Waals surface area (Å²) in [6.45, 7) is 5.46. The zero-order valence-electron chi connectivity index (χ0n) is 11.2. The molecule has 0 spiro atoms. The lowest BCUT2D eigenvalue weighted by atomic mass is 10.1. The summed E-state index contributed by atoms with van der Waals surface area (Å²) in [7, 11) is 0. The summed E-state index contributed by atoms with van der Waals surface area (Å²) >= 11 is 0. The van der Waals surface area contributed by atoms with Crippen LogP contribution in [0.2, 0.25) is 0 Å². The van der Waals surface area contributed by atoms with Crippen molar-refractivity contribution in [1.82, 2.24) is 10.2 Å². The van der Waals surface area contributed by atoms with Crippen molar-refractivity contribution in [3.05, 3.63) is 35.9 Å². The Bertz CT molecular complexity index is 342. The third-order valence-electron chi connectivity index (χ3n) is 3.81.